The zero-order valence-corrected chi connectivity index (χ0v) is 6.70. The van der Waals surface area contributed by atoms with Gasteiger partial charge in [-0.25, -0.2) is 0 Å². The number of pyridine rings is 1. The molecule has 60 valence electrons. The molecule has 12 heavy (non-hydrogen) atoms. The van der Waals surface area contributed by atoms with Crippen LogP contribution in [0.2, 0.25) is 0 Å². The Morgan fingerprint density at radius 2 is 2.00 bits per heavy atom. The van der Waals surface area contributed by atoms with Gasteiger partial charge in [0.05, 0.1) is 5.69 Å². The standard InChI is InChI=1S/C10H10N2/c11-7-10-9-4-2-1-3-8(9)5-6-12-10/h1-6H,7,11H2. The molecule has 0 saturated heterocycles. The van der Waals surface area contributed by atoms with Crippen LogP contribution in [0.25, 0.3) is 10.8 Å². The number of fused-ring (bicyclic) bond motifs is 1. The molecule has 0 aliphatic heterocycles. The molecule has 2 N–H and O–H groups in total. The molecular formula is C10H10N2. The molecule has 0 unspecified atom stereocenters. The van der Waals surface area contributed by atoms with Crippen molar-refractivity contribution < 1.29 is 0 Å². The molecule has 2 heteroatoms. The predicted octanol–water partition coefficient (Wildman–Crippen LogP) is 1.69. The van der Waals surface area contributed by atoms with Gasteiger partial charge >= 0.3 is 0 Å². The Hall–Kier alpha value is -1.41. The molecule has 0 atom stereocenters. The lowest BCUT2D eigenvalue weighted by molar-refractivity contribution is 1.01. The lowest BCUT2D eigenvalue weighted by atomic mass is 10.1. The Bertz CT molecular complexity index is 390. The molecule has 1 heterocycles. The van der Waals surface area contributed by atoms with Gasteiger partial charge in [-0.3, -0.25) is 4.98 Å². The smallest absolute Gasteiger partial charge is 0.0617 e. The number of hydrogen-bond donors (Lipinski definition) is 1. The summed E-state index contributed by atoms with van der Waals surface area (Å²) in [5, 5.41) is 2.36. The molecule has 0 aliphatic carbocycles. The molecule has 0 saturated carbocycles. The molecule has 2 nitrogen and oxygen atoms in total. The Morgan fingerprint density at radius 3 is 2.83 bits per heavy atom. The normalized spacial score (nSPS) is 10.4. The summed E-state index contributed by atoms with van der Waals surface area (Å²) < 4.78 is 0. The highest BCUT2D eigenvalue weighted by Gasteiger charge is 1.97. The third-order valence-electron chi connectivity index (χ3n) is 1.95. The van der Waals surface area contributed by atoms with Gasteiger partial charge in [0, 0.05) is 18.1 Å². The van der Waals surface area contributed by atoms with E-state index in [1.54, 1.807) is 6.20 Å². The average molecular weight is 158 g/mol. The van der Waals surface area contributed by atoms with E-state index in [9.17, 15) is 0 Å². The Balaban J connectivity index is 2.79. The van der Waals surface area contributed by atoms with E-state index in [2.05, 4.69) is 11.1 Å². The Morgan fingerprint density at radius 1 is 1.17 bits per heavy atom. The molecule has 0 spiro atoms. The van der Waals surface area contributed by atoms with E-state index >= 15 is 0 Å². The van der Waals surface area contributed by atoms with Crippen molar-refractivity contribution in [2.24, 2.45) is 5.73 Å². The van der Waals surface area contributed by atoms with Gasteiger partial charge in [0.2, 0.25) is 0 Å². The minimum Gasteiger partial charge on any atom is -0.325 e. The Labute approximate surface area is 71.0 Å². The maximum Gasteiger partial charge on any atom is 0.0617 e. The van der Waals surface area contributed by atoms with Crippen molar-refractivity contribution in [3.05, 3.63) is 42.2 Å². The van der Waals surface area contributed by atoms with Crippen molar-refractivity contribution in [1.82, 2.24) is 4.98 Å². The minimum atomic E-state index is 0.501. The van der Waals surface area contributed by atoms with Crippen molar-refractivity contribution in [3.63, 3.8) is 0 Å². The van der Waals surface area contributed by atoms with E-state index in [1.807, 2.05) is 24.3 Å². The van der Waals surface area contributed by atoms with Crippen LogP contribution in [-0.2, 0) is 6.54 Å². The summed E-state index contributed by atoms with van der Waals surface area (Å²) in [5.41, 5.74) is 6.52. The third kappa shape index (κ3) is 1.06. The van der Waals surface area contributed by atoms with Crippen LogP contribution in [0.5, 0.6) is 0 Å². The summed E-state index contributed by atoms with van der Waals surface area (Å²) in [4.78, 5) is 4.20. The van der Waals surface area contributed by atoms with Crippen molar-refractivity contribution in [3.8, 4) is 0 Å². The lowest BCUT2D eigenvalue weighted by Gasteiger charge is -2.01. The first-order valence-corrected chi connectivity index (χ1v) is 3.94. The topological polar surface area (TPSA) is 38.9 Å². The SMILES string of the molecule is NCc1nccc2ccccc12. The largest absolute Gasteiger partial charge is 0.325 e. The molecular weight excluding hydrogens is 148 g/mol. The van der Waals surface area contributed by atoms with Crippen LogP contribution in [-0.4, -0.2) is 4.98 Å². The number of hydrogen-bond acceptors (Lipinski definition) is 2. The number of rotatable bonds is 1. The molecule has 2 aromatic rings. The van der Waals surface area contributed by atoms with Crippen molar-refractivity contribution >= 4 is 10.8 Å². The van der Waals surface area contributed by atoms with E-state index in [-0.39, 0.29) is 0 Å². The van der Waals surface area contributed by atoms with Crippen LogP contribution in [0.4, 0.5) is 0 Å². The van der Waals surface area contributed by atoms with Gasteiger partial charge in [0.25, 0.3) is 0 Å². The van der Waals surface area contributed by atoms with Crippen molar-refractivity contribution in [2.75, 3.05) is 0 Å². The molecule has 0 aliphatic rings. The van der Waals surface area contributed by atoms with Gasteiger partial charge in [0.15, 0.2) is 0 Å². The molecule has 1 aromatic carbocycles. The van der Waals surface area contributed by atoms with E-state index in [4.69, 9.17) is 5.73 Å². The van der Waals surface area contributed by atoms with Gasteiger partial charge in [-0.05, 0) is 11.5 Å². The summed E-state index contributed by atoms with van der Waals surface area (Å²) in [6, 6.07) is 10.1. The zero-order chi connectivity index (χ0) is 8.39. The van der Waals surface area contributed by atoms with E-state index in [1.165, 1.54) is 5.39 Å². The fraction of sp³-hybridized carbons (Fsp3) is 0.100. The van der Waals surface area contributed by atoms with Crippen LogP contribution in [0.3, 0.4) is 0 Å². The fourth-order valence-corrected chi connectivity index (χ4v) is 1.34. The highest BCUT2D eigenvalue weighted by molar-refractivity contribution is 5.84. The lowest BCUT2D eigenvalue weighted by Crippen LogP contribution is -1.99. The summed E-state index contributed by atoms with van der Waals surface area (Å²) in [5.74, 6) is 0. The quantitative estimate of drug-likeness (QED) is 0.686. The second kappa shape index (κ2) is 2.91. The van der Waals surface area contributed by atoms with Crippen molar-refractivity contribution in [1.29, 1.82) is 0 Å². The van der Waals surface area contributed by atoms with E-state index in [0.717, 1.165) is 11.1 Å². The van der Waals surface area contributed by atoms with Crippen LogP contribution in [0.1, 0.15) is 5.69 Å². The van der Waals surface area contributed by atoms with Crippen LogP contribution >= 0.6 is 0 Å². The second-order valence-electron chi connectivity index (χ2n) is 2.68. The first-order chi connectivity index (χ1) is 5.92. The maximum atomic E-state index is 5.55. The summed E-state index contributed by atoms with van der Waals surface area (Å²) in [7, 11) is 0. The molecule has 0 amide bonds. The molecule has 0 radical (unpaired) electrons. The van der Waals surface area contributed by atoms with Gasteiger partial charge < -0.3 is 5.73 Å². The number of benzene rings is 1. The predicted molar refractivity (Wildman–Crippen MR) is 49.6 cm³/mol. The molecule has 0 bridgehead atoms. The third-order valence-corrected chi connectivity index (χ3v) is 1.95. The maximum absolute atomic E-state index is 5.55. The summed E-state index contributed by atoms with van der Waals surface area (Å²) in [6.07, 6.45) is 1.80. The summed E-state index contributed by atoms with van der Waals surface area (Å²) >= 11 is 0. The number of nitrogens with two attached hydrogens (primary N) is 1. The highest BCUT2D eigenvalue weighted by atomic mass is 14.7. The highest BCUT2D eigenvalue weighted by Crippen LogP contribution is 2.15. The van der Waals surface area contributed by atoms with Crippen LogP contribution in [0.15, 0.2) is 36.5 Å². The average Bonchev–Trinajstić information content (AvgIpc) is 2.17. The second-order valence-corrected chi connectivity index (χ2v) is 2.68. The van der Waals surface area contributed by atoms with Crippen molar-refractivity contribution in [2.45, 2.75) is 6.54 Å². The first-order valence-electron chi connectivity index (χ1n) is 3.94. The van der Waals surface area contributed by atoms with Gasteiger partial charge in [-0.1, -0.05) is 24.3 Å². The van der Waals surface area contributed by atoms with Gasteiger partial charge in [-0.15, -0.1) is 0 Å². The van der Waals surface area contributed by atoms with Crippen LogP contribution in [0, 0.1) is 0 Å². The zero-order valence-electron chi connectivity index (χ0n) is 6.70. The van der Waals surface area contributed by atoms with Gasteiger partial charge in [0.1, 0.15) is 0 Å². The minimum absolute atomic E-state index is 0.501. The number of nitrogens with zero attached hydrogens (tertiary/aromatic N) is 1. The van der Waals surface area contributed by atoms with E-state index < -0.39 is 0 Å². The first kappa shape index (κ1) is 7.25. The fourth-order valence-electron chi connectivity index (χ4n) is 1.34. The molecule has 2 rings (SSSR count). The molecule has 1 aromatic heterocycles. The van der Waals surface area contributed by atoms with Crippen LogP contribution < -0.4 is 5.73 Å². The summed E-state index contributed by atoms with van der Waals surface area (Å²) in [6.45, 7) is 0.501. The molecule has 0 fully saturated rings. The Kier molecular flexibility index (Phi) is 1.76. The van der Waals surface area contributed by atoms with Gasteiger partial charge in [-0.2, -0.15) is 0 Å². The van der Waals surface area contributed by atoms with E-state index in [0.29, 0.717) is 6.54 Å². The monoisotopic (exact) mass is 158 g/mol. The number of aromatic nitrogens is 1.